The molecule has 5 rings (SSSR count). The van der Waals surface area contributed by atoms with Crippen molar-refractivity contribution in [3.63, 3.8) is 0 Å². The van der Waals surface area contributed by atoms with Crippen LogP contribution in [0.4, 0.5) is 0 Å². The highest BCUT2D eigenvalue weighted by Crippen LogP contribution is 2.44. The summed E-state index contributed by atoms with van der Waals surface area (Å²) in [6.07, 6.45) is 4.15. The first-order chi connectivity index (χ1) is 15.6. The van der Waals surface area contributed by atoms with Gasteiger partial charge in [0.1, 0.15) is 18.2 Å². The van der Waals surface area contributed by atoms with Gasteiger partial charge in [-0.1, -0.05) is 6.07 Å². The van der Waals surface area contributed by atoms with Crippen LogP contribution in [0.2, 0.25) is 0 Å². The Kier molecular flexibility index (Phi) is 5.53. The number of ketones is 1. The van der Waals surface area contributed by atoms with E-state index in [0.717, 1.165) is 48.4 Å². The molecular weight excluding hydrogens is 410 g/mol. The number of nitrogens with zero attached hydrogens (tertiary/aromatic N) is 1. The number of methoxy groups -OCH3 is 2. The minimum atomic E-state index is -0.119. The zero-order valence-electron chi connectivity index (χ0n) is 18.6. The molecule has 0 bridgehead atoms. The average molecular weight is 437 g/mol. The van der Waals surface area contributed by atoms with E-state index in [1.165, 1.54) is 0 Å². The molecule has 0 unspecified atom stereocenters. The van der Waals surface area contributed by atoms with Crippen LogP contribution in [0.1, 0.15) is 39.9 Å². The van der Waals surface area contributed by atoms with E-state index >= 15 is 0 Å². The number of fused-ring (bicyclic) bond motifs is 3. The molecule has 0 amide bonds. The topological polar surface area (TPSA) is 66.5 Å². The fourth-order valence-corrected chi connectivity index (χ4v) is 4.56. The predicted molar refractivity (Wildman–Crippen MR) is 119 cm³/mol. The lowest BCUT2D eigenvalue weighted by molar-refractivity contribution is 0.0273. The molecule has 32 heavy (non-hydrogen) atoms. The van der Waals surface area contributed by atoms with Gasteiger partial charge in [-0.3, -0.25) is 9.69 Å². The van der Waals surface area contributed by atoms with Crippen LogP contribution in [-0.2, 0) is 11.3 Å². The van der Waals surface area contributed by atoms with E-state index in [1.54, 1.807) is 20.3 Å². The summed E-state index contributed by atoms with van der Waals surface area (Å²) in [6.45, 7) is 4.72. The molecule has 3 aliphatic rings. The molecule has 2 aromatic rings. The number of aryl methyl sites for hydroxylation is 1. The Morgan fingerprint density at radius 3 is 2.78 bits per heavy atom. The molecule has 7 nitrogen and oxygen atoms in total. The van der Waals surface area contributed by atoms with Crippen molar-refractivity contribution in [2.24, 2.45) is 0 Å². The molecule has 0 aliphatic carbocycles. The molecule has 7 heteroatoms. The second kappa shape index (κ2) is 8.48. The number of rotatable bonds is 5. The first-order valence-electron chi connectivity index (χ1n) is 10.9. The number of benzene rings is 2. The van der Waals surface area contributed by atoms with E-state index in [0.29, 0.717) is 41.8 Å². The third kappa shape index (κ3) is 3.72. The van der Waals surface area contributed by atoms with Gasteiger partial charge in [-0.2, -0.15) is 0 Å². The number of allylic oxidation sites excluding steroid dienone is 1. The Hall–Kier alpha value is -3.03. The molecule has 3 aliphatic heterocycles. The molecule has 0 N–H and O–H groups in total. The van der Waals surface area contributed by atoms with Crippen LogP contribution in [0.25, 0.3) is 6.08 Å². The lowest BCUT2D eigenvalue weighted by atomic mass is 9.98. The van der Waals surface area contributed by atoms with Crippen molar-refractivity contribution in [2.75, 3.05) is 34.1 Å². The van der Waals surface area contributed by atoms with E-state index in [4.69, 9.17) is 23.7 Å². The minimum Gasteiger partial charge on any atom is -0.493 e. The highest BCUT2D eigenvalue weighted by atomic mass is 16.5. The van der Waals surface area contributed by atoms with Gasteiger partial charge in [-0.25, -0.2) is 0 Å². The summed E-state index contributed by atoms with van der Waals surface area (Å²) < 4.78 is 28.6. The third-order valence-corrected chi connectivity index (χ3v) is 6.18. The van der Waals surface area contributed by atoms with E-state index < -0.39 is 0 Å². The van der Waals surface area contributed by atoms with Crippen molar-refractivity contribution in [3.05, 3.63) is 52.3 Å². The largest absolute Gasteiger partial charge is 0.493 e. The predicted octanol–water partition coefficient (Wildman–Crippen LogP) is 3.96. The van der Waals surface area contributed by atoms with E-state index in [-0.39, 0.29) is 11.9 Å². The molecule has 3 heterocycles. The summed E-state index contributed by atoms with van der Waals surface area (Å²) in [5.41, 5.74) is 3.17. The fourth-order valence-electron chi connectivity index (χ4n) is 4.56. The lowest BCUT2D eigenvalue weighted by Crippen LogP contribution is -2.37. The molecule has 0 aromatic heterocycles. The van der Waals surface area contributed by atoms with Crippen LogP contribution in [-0.4, -0.2) is 50.9 Å². The van der Waals surface area contributed by atoms with Crippen molar-refractivity contribution >= 4 is 11.9 Å². The normalized spacial score (nSPS) is 21.2. The van der Waals surface area contributed by atoms with Gasteiger partial charge in [-0.15, -0.1) is 0 Å². The molecule has 1 fully saturated rings. The number of carbonyl (C=O) groups excluding carboxylic acids is 1. The van der Waals surface area contributed by atoms with Gasteiger partial charge < -0.3 is 23.7 Å². The fraction of sp³-hybridized carbons (Fsp3) is 0.400. The Morgan fingerprint density at radius 1 is 1.19 bits per heavy atom. The maximum Gasteiger partial charge on any atom is 0.232 e. The van der Waals surface area contributed by atoms with Crippen LogP contribution in [0, 0.1) is 6.92 Å². The second-order valence-electron chi connectivity index (χ2n) is 8.35. The smallest absolute Gasteiger partial charge is 0.232 e. The molecule has 0 spiro atoms. The van der Waals surface area contributed by atoms with Gasteiger partial charge in [0, 0.05) is 19.7 Å². The summed E-state index contributed by atoms with van der Waals surface area (Å²) in [7, 11) is 3.17. The van der Waals surface area contributed by atoms with Crippen LogP contribution < -0.4 is 18.9 Å². The zero-order valence-corrected chi connectivity index (χ0v) is 18.6. The number of hydrogen-bond acceptors (Lipinski definition) is 7. The highest BCUT2D eigenvalue weighted by Gasteiger charge is 2.36. The van der Waals surface area contributed by atoms with Crippen LogP contribution in [0.15, 0.2) is 30.0 Å². The average Bonchev–Trinajstić information content (AvgIpc) is 3.42. The van der Waals surface area contributed by atoms with Crippen molar-refractivity contribution in [1.82, 2.24) is 4.90 Å². The monoisotopic (exact) mass is 437 g/mol. The number of hydrogen-bond donors (Lipinski definition) is 0. The molecular formula is C25H27NO6. The Labute approximate surface area is 187 Å². The lowest BCUT2D eigenvalue weighted by Gasteiger charge is -2.31. The Bertz CT molecular complexity index is 1090. The first kappa shape index (κ1) is 20.8. The molecule has 168 valence electrons. The van der Waals surface area contributed by atoms with Gasteiger partial charge in [-0.05, 0) is 55.2 Å². The summed E-state index contributed by atoms with van der Waals surface area (Å²) >= 11 is 0. The summed E-state index contributed by atoms with van der Waals surface area (Å²) in [5, 5.41) is 0. The number of Topliss-reactive ketones (excluding diaryl/α,β-unsaturated/α-hetero) is 1. The quantitative estimate of drug-likeness (QED) is 0.656. The molecule has 2 aromatic carbocycles. The van der Waals surface area contributed by atoms with Crippen LogP contribution in [0.5, 0.6) is 23.0 Å². The van der Waals surface area contributed by atoms with Gasteiger partial charge >= 0.3 is 0 Å². The van der Waals surface area contributed by atoms with Crippen molar-refractivity contribution in [1.29, 1.82) is 0 Å². The molecule has 0 saturated carbocycles. The second-order valence-corrected chi connectivity index (χ2v) is 8.35. The van der Waals surface area contributed by atoms with Crippen molar-refractivity contribution in [2.45, 2.75) is 32.4 Å². The zero-order chi connectivity index (χ0) is 22.2. The van der Waals surface area contributed by atoms with E-state index in [9.17, 15) is 4.79 Å². The molecule has 1 saturated heterocycles. The standard InChI is InChI=1S/C25H27NO6/c1-15-9-20-18(13-26(14-31-20)12-17-5-4-8-30-17)25-23(15)24(27)22(32-25)11-16-6-7-19(28-2)21(10-16)29-3/h6-7,9-11,17H,4-5,8,12-14H2,1-3H3/b22-11-/t17-/m1/s1. The van der Waals surface area contributed by atoms with Crippen molar-refractivity contribution < 1.29 is 28.5 Å². The molecule has 1 atom stereocenters. The van der Waals surface area contributed by atoms with Gasteiger partial charge in [0.2, 0.25) is 5.78 Å². The van der Waals surface area contributed by atoms with Gasteiger partial charge in [0.15, 0.2) is 17.3 Å². The number of ether oxygens (including phenoxy) is 5. The Balaban J connectivity index is 1.44. The van der Waals surface area contributed by atoms with E-state index in [1.807, 2.05) is 31.2 Å². The van der Waals surface area contributed by atoms with Crippen LogP contribution in [0.3, 0.4) is 0 Å². The van der Waals surface area contributed by atoms with Crippen LogP contribution >= 0.6 is 0 Å². The minimum absolute atomic E-state index is 0.119. The summed E-state index contributed by atoms with van der Waals surface area (Å²) in [5.74, 6) is 2.78. The highest BCUT2D eigenvalue weighted by molar-refractivity contribution is 6.15. The maximum absolute atomic E-state index is 13.2. The van der Waals surface area contributed by atoms with E-state index in [2.05, 4.69) is 4.90 Å². The first-order valence-corrected chi connectivity index (χ1v) is 10.9. The third-order valence-electron chi connectivity index (χ3n) is 6.18. The SMILES string of the molecule is COc1ccc(/C=C2\Oc3c4c(cc(C)c3C2=O)OCN(C[C@H]2CCCO2)C4)cc1OC. The maximum atomic E-state index is 13.2. The Morgan fingerprint density at radius 2 is 2.03 bits per heavy atom. The van der Waals surface area contributed by atoms with Gasteiger partial charge in [0.25, 0.3) is 0 Å². The van der Waals surface area contributed by atoms with Gasteiger partial charge in [0.05, 0.1) is 31.5 Å². The number of carbonyl (C=O) groups is 1. The summed E-state index contributed by atoms with van der Waals surface area (Å²) in [4.78, 5) is 15.4. The van der Waals surface area contributed by atoms with Crippen molar-refractivity contribution in [3.8, 4) is 23.0 Å². The molecule has 0 radical (unpaired) electrons. The summed E-state index contributed by atoms with van der Waals surface area (Å²) in [6, 6.07) is 7.43.